The summed E-state index contributed by atoms with van der Waals surface area (Å²) in [5.74, 6) is -1.05. The van der Waals surface area contributed by atoms with Crippen LogP contribution in [0.1, 0.15) is 0 Å². The number of amides is 2. The summed E-state index contributed by atoms with van der Waals surface area (Å²) in [6.45, 7) is 0.133. The summed E-state index contributed by atoms with van der Waals surface area (Å²) in [5.41, 5.74) is 0.703. The molecule has 0 radical (unpaired) electrons. The van der Waals surface area contributed by atoms with Crippen molar-refractivity contribution in [3.8, 4) is 0 Å². The monoisotopic (exact) mass is 304 g/mol. The van der Waals surface area contributed by atoms with Gasteiger partial charge < -0.3 is 10.1 Å². The summed E-state index contributed by atoms with van der Waals surface area (Å²) in [5, 5.41) is 3.60. The Morgan fingerprint density at radius 2 is 1.71 bits per heavy atom. The molecule has 0 aliphatic carbocycles. The number of nitrogens with zero attached hydrogens (tertiary/aromatic N) is 1. The highest BCUT2D eigenvalue weighted by molar-refractivity contribution is 6.33. The number of rotatable bonds is 3. The number of imide groups is 1. The summed E-state index contributed by atoms with van der Waals surface area (Å²) in [7, 11) is 0. The van der Waals surface area contributed by atoms with E-state index in [9.17, 15) is 9.59 Å². The lowest BCUT2D eigenvalue weighted by molar-refractivity contribution is -0.141. The number of anilines is 1. The molecule has 0 aromatic heterocycles. The van der Waals surface area contributed by atoms with Crippen molar-refractivity contribution in [1.82, 2.24) is 4.90 Å². The van der Waals surface area contributed by atoms with E-state index in [1.54, 1.807) is 6.07 Å². The van der Waals surface area contributed by atoms with Crippen molar-refractivity contribution in [2.45, 2.75) is 12.2 Å². The number of likely N-dealkylation sites (tertiary alicyclic amines) is 1. The predicted octanol–water partition coefficient (Wildman–Crippen LogP) is 1.65. The SMILES string of the molecule is O=C1[C@H]2[C@H](C(=O)N1CNc1ccccc1Cl)[C@H]1C=C[C@H]2O1. The van der Waals surface area contributed by atoms with Gasteiger partial charge in [0.05, 0.1) is 41.4 Å². The van der Waals surface area contributed by atoms with Gasteiger partial charge >= 0.3 is 0 Å². The summed E-state index contributed by atoms with van der Waals surface area (Å²) >= 11 is 6.05. The van der Waals surface area contributed by atoms with E-state index in [2.05, 4.69) is 5.32 Å². The highest BCUT2D eigenvalue weighted by Crippen LogP contribution is 2.44. The minimum atomic E-state index is -0.361. The fourth-order valence-corrected chi connectivity index (χ4v) is 3.49. The molecule has 3 aliphatic rings. The average molecular weight is 305 g/mol. The smallest absolute Gasteiger partial charge is 0.237 e. The molecule has 5 nitrogen and oxygen atoms in total. The fourth-order valence-electron chi connectivity index (χ4n) is 3.29. The van der Waals surface area contributed by atoms with Crippen LogP contribution in [-0.2, 0) is 14.3 Å². The van der Waals surface area contributed by atoms with Gasteiger partial charge in [-0.25, -0.2) is 0 Å². The van der Waals surface area contributed by atoms with Crippen molar-refractivity contribution in [1.29, 1.82) is 0 Å². The van der Waals surface area contributed by atoms with Crippen LogP contribution in [0, 0.1) is 11.8 Å². The van der Waals surface area contributed by atoms with Crippen molar-refractivity contribution in [3.05, 3.63) is 41.4 Å². The Kier molecular flexibility index (Phi) is 2.80. The van der Waals surface area contributed by atoms with Gasteiger partial charge in [-0.2, -0.15) is 0 Å². The van der Waals surface area contributed by atoms with Crippen LogP contribution in [-0.4, -0.2) is 35.6 Å². The van der Waals surface area contributed by atoms with Crippen LogP contribution in [0.2, 0.25) is 5.02 Å². The number of halogens is 1. The van der Waals surface area contributed by atoms with Crippen molar-refractivity contribution in [3.63, 3.8) is 0 Å². The van der Waals surface area contributed by atoms with Gasteiger partial charge in [-0.1, -0.05) is 35.9 Å². The molecule has 3 aliphatic heterocycles. The van der Waals surface area contributed by atoms with Gasteiger partial charge in [-0.3, -0.25) is 14.5 Å². The zero-order valence-corrected chi connectivity index (χ0v) is 11.8. The molecule has 1 N–H and O–H groups in total. The van der Waals surface area contributed by atoms with Gasteiger partial charge in [-0.05, 0) is 12.1 Å². The van der Waals surface area contributed by atoms with Gasteiger partial charge in [-0.15, -0.1) is 0 Å². The molecule has 6 heteroatoms. The minimum Gasteiger partial charge on any atom is -0.366 e. The van der Waals surface area contributed by atoms with Crippen LogP contribution in [0.25, 0.3) is 0 Å². The molecule has 0 spiro atoms. The topological polar surface area (TPSA) is 58.6 Å². The van der Waals surface area contributed by atoms with E-state index in [0.717, 1.165) is 0 Å². The van der Waals surface area contributed by atoms with Crippen LogP contribution >= 0.6 is 11.6 Å². The van der Waals surface area contributed by atoms with E-state index in [-0.39, 0.29) is 42.5 Å². The van der Waals surface area contributed by atoms with Crippen LogP contribution in [0.3, 0.4) is 0 Å². The molecule has 4 rings (SSSR count). The number of hydrogen-bond donors (Lipinski definition) is 1. The lowest BCUT2D eigenvalue weighted by atomic mass is 9.85. The Balaban J connectivity index is 1.51. The molecule has 108 valence electrons. The zero-order valence-electron chi connectivity index (χ0n) is 11.0. The van der Waals surface area contributed by atoms with E-state index in [1.807, 2.05) is 30.4 Å². The van der Waals surface area contributed by atoms with E-state index in [1.165, 1.54) is 4.90 Å². The summed E-state index contributed by atoms with van der Waals surface area (Å²) in [6, 6.07) is 7.23. The number of hydrogen-bond acceptors (Lipinski definition) is 4. The standard InChI is InChI=1S/C15H13ClN2O3/c16-8-3-1-2-4-9(8)17-7-18-14(19)12-10-5-6-11(21-10)13(12)15(18)20/h1-6,10-13,17H,7H2/t10-,11-,12-,13-/m1/s1. The summed E-state index contributed by atoms with van der Waals surface area (Å²) in [6.07, 6.45) is 3.26. The molecular weight excluding hydrogens is 292 g/mol. The van der Waals surface area contributed by atoms with E-state index >= 15 is 0 Å². The molecule has 1 aromatic carbocycles. The molecule has 4 atom stereocenters. The van der Waals surface area contributed by atoms with Gasteiger partial charge in [0.15, 0.2) is 0 Å². The maximum Gasteiger partial charge on any atom is 0.237 e. The zero-order chi connectivity index (χ0) is 14.6. The fraction of sp³-hybridized carbons (Fsp3) is 0.333. The lowest BCUT2D eigenvalue weighted by Gasteiger charge is -2.19. The second-order valence-electron chi connectivity index (χ2n) is 5.42. The van der Waals surface area contributed by atoms with E-state index in [4.69, 9.17) is 16.3 Å². The number of carbonyl (C=O) groups is 2. The molecule has 3 heterocycles. The molecule has 0 saturated carbocycles. The van der Waals surface area contributed by atoms with Crippen LogP contribution in [0.4, 0.5) is 5.69 Å². The lowest BCUT2D eigenvalue weighted by Crippen LogP contribution is -2.38. The Morgan fingerprint density at radius 1 is 1.10 bits per heavy atom. The number of benzene rings is 1. The predicted molar refractivity (Wildman–Crippen MR) is 76.6 cm³/mol. The van der Waals surface area contributed by atoms with Crippen LogP contribution < -0.4 is 5.32 Å². The second-order valence-corrected chi connectivity index (χ2v) is 5.83. The third kappa shape index (κ3) is 1.81. The van der Waals surface area contributed by atoms with Gasteiger partial charge in [0.1, 0.15) is 0 Å². The Bertz CT molecular complexity index is 630. The largest absolute Gasteiger partial charge is 0.366 e. The van der Waals surface area contributed by atoms with E-state index in [0.29, 0.717) is 10.7 Å². The number of ether oxygens (including phenoxy) is 1. The maximum absolute atomic E-state index is 12.4. The molecule has 21 heavy (non-hydrogen) atoms. The molecule has 2 bridgehead atoms. The van der Waals surface area contributed by atoms with Crippen molar-refractivity contribution in [2.24, 2.45) is 11.8 Å². The van der Waals surface area contributed by atoms with Crippen LogP contribution in [0.15, 0.2) is 36.4 Å². The maximum atomic E-state index is 12.4. The number of para-hydroxylation sites is 1. The number of nitrogens with one attached hydrogen (secondary N) is 1. The first-order chi connectivity index (χ1) is 10.2. The van der Waals surface area contributed by atoms with Gasteiger partial charge in [0.25, 0.3) is 0 Å². The summed E-state index contributed by atoms with van der Waals surface area (Å²) in [4.78, 5) is 26.1. The number of fused-ring (bicyclic) bond motifs is 5. The third-order valence-electron chi connectivity index (χ3n) is 4.30. The normalized spacial score (nSPS) is 32.9. The first kappa shape index (κ1) is 12.9. The highest BCUT2D eigenvalue weighted by atomic mass is 35.5. The van der Waals surface area contributed by atoms with Crippen molar-refractivity contribution >= 4 is 29.1 Å². The van der Waals surface area contributed by atoms with Crippen molar-refractivity contribution in [2.75, 3.05) is 12.0 Å². The molecule has 1 aromatic rings. The van der Waals surface area contributed by atoms with Crippen molar-refractivity contribution < 1.29 is 14.3 Å². The first-order valence-corrected chi connectivity index (χ1v) is 7.22. The molecule has 2 fully saturated rings. The number of carbonyl (C=O) groups excluding carboxylic acids is 2. The molecular formula is C15H13ClN2O3. The van der Waals surface area contributed by atoms with Gasteiger partial charge in [0, 0.05) is 0 Å². The quantitative estimate of drug-likeness (QED) is 0.681. The Morgan fingerprint density at radius 3 is 2.33 bits per heavy atom. The Hall–Kier alpha value is -1.85. The van der Waals surface area contributed by atoms with Crippen LogP contribution in [0.5, 0.6) is 0 Å². The molecule has 2 saturated heterocycles. The second kappa shape index (κ2) is 4.58. The van der Waals surface area contributed by atoms with E-state index < -0.39 is 0 Å². The average Bonchev–Trinajstić information content (AvgIpc) is 3.14. The Labute approximate surface area is 126 Å². The first-order valence-electron chi connectivity index (χ1n) is 6.84. The molecule has 2 amide bonds. The molecule has 0 unspecified atom stereocenters. The highest BCUT2D eigenvalue weighted by Gasteiger charge is 2.60. The summed E-state index contributed by atoms with van der Waals surface area (Å²) < 4.78 is 5.59. The third-order valence-corrected chi connectivity index (χ3v) is 4.63. The van der Waals surface area contributed by atoms with Gasteiger partial charge in [0.2, 0.25) is 11.8 Å². The minimum absolute atomic E-state index is 0.133.